The lowest BCUT2D eigenvalue weighted by atomic mass is 10.1. The van der Waals surface area contributed by atoms with Gasteiger partial charge in [0.15, 0.2) is 0 Å². The number of aromatic nitrogens is 2. The highest BCUT2D eigenvalue weighted by atomic mass is 16.5. The van der Waals surface area contributed by atoms with Gasteiger partial charge in [-0.2, -0.15) is 0 Å². The summed E-state index contributed by atoms with van der Waals surface area (Å²) in [5, 5.41) is 0.298. The van der Waals surface area contributed by atoms with Crippen molar-refractivity contribution in [1.29, 1.82) is 0 Å². The van der Waals surface area contributed by atoms with Crippen LogP contribution in [0.2, 0.25) is 0 Å². The zero-order valence-electron chi connectivity index (χ0n) is 15.7. The topological polar surface area (TPSA) is 90.5 Å². The lowest BCUT2D eigenvalue weighted by Crippen LogP contribution is -2.12. The van der Waals surface area contributed by atoms with Crippen LogP contribution in [0.1, 0.15) is 17.3 Å². The second-order valence-electron chi connectivity index (χ2n) is 5.83. The van der Waals surface area contributed by atoms with Crippen LogP contribution in [-0.4, -0.2) is 36.3 Å². The van der Waals surface area contributed by atoms with Crippen molar-refractivity contribution in [3.05, 3.63) is 65.0 Å². The quantitative estimate of drug-likeness (QED) is 0.499. The summed E-state index contributed by atoms with van der Waals surface area (Å²) in [5.41, 5.74) is 0.959. The molecule has 0 unspecified atom stereocenters. The third kappa shape index (κ3) is 3.88. The predicted molar refractivity (Wildman–Crippen MR) is 106 cm³/mol. The Kier molecular flexibility index (Phi) is 5.74. The van der Waals surface area contributed by atoms with Crippen LogP contribution in [0, 0.1) is 0 Å². The van der Waals surface area contributed by atoms with E-state index in [1.165, 1.54) is 13.2 Å². The third-order valence-corrected chi connectivity index (χ3v) is 4.01. The number of nitrogens with zero attached hydrogens (tertiary/aromatic N) is 1. The molecule has 1 aromatic heterocycles. The van der Waals surface area contributed by atoms with Crippen LogP contribution >= 0.6 is 0 Å². The Morgan fingerprint density at radius 2 is 2.07 bits per heavy atom. The molecule has 0 aliphatic heterocycles. The molecule has 0 saturated carbocycles. The highest BCUT2D eigenvalue weighted by Gasteiger charge is 2.14. The fourth-order valence-electron chi connectivity index (χ4n) is 2.72. The number of H-pyrrole nitrogens is 1. The molecule has 1 N–H and O–H groups in total. The average molecular weight is 380 g/mol. The molecule has 1 heterocycles. The van der Waals surface area contributed by atoms with Gasteiger partial charge in [0.25, 0.3) is 5.56 Å². The molecule has 0 fully saturated rings. The van der Waals surface area contributed by atoms with Gasteiger partial charge in [-0.3, -0.25) is 4.79 Å². The molecule has 0 radical (unpaired) electrons. The van der Waals surface area contributed by atoms with Gasteiger partial charge in [0.05, 0.1) is 35.7 Å². The van der Waals surface area contributed by atoms with Crippen LogP contribution in [-0.2, 0) is 4.74 Å². The lowest BCUT2D eigenvalue weighted by Gasteiger charge is -2.11. The maximum absolute atomic E-state index is 12.6. The van der Waals surface area contributed by atoms with Gasteiger partial charge in [-0.1, -0.05) is 12.7 Å². The Bertz CT molecular complexity index is 1090. The number of fused-ring (bicyclic) bond motifs is 1. The van der Waals surface area contributed by atoms with Crippen LogP contribution in [0.15, 0.2) is 53.8 Å². The van der Waals surface area contributed by atoms with E-state index in [-0.39, 0.29) is 12.2 Å². The van der Waals surface area contributed by atoms with Crippen LogP contribution in [0.25, 0.3) is 22.3 Å². The molecule has 3 rings (SSSR count). The molecular weight excluding hydrogens is 360 g/mol. The monoisotopic (exact) mass is 380 g/mol. The van der Waals surface area contributed by atoms with E-state index in [0.29, 0.717) is 46.0 Å². The largest absolute Gasteiger partial charge is 0.496 e. The number of hydrogen-bond donors (Lipinski definition) is 1. The molecule has 0 bridgehead atoms. The Hall–Kier alpha value is -3.61. The highest BCUT2D eigenvalue weighted by Crippen LogP contribution is 2.31. The predicted octanol–water partition coefficient (Wildman–Crippen LogP) is 3.34. The maximum atomic E-state index is 12.6. The first-order valence-corrected chi connectivity index (χ1v) is 8.70. The molecular formula is C21H20N2O5. The average Bonchev–Trinajstić information content (AvgIpc) is 2.71. The summed E-state index contributed by atoms with van der Waals surface area (Å²) in [6.45, 7) is 5.96. The van der Waals surface area contributed by atoms with Crippen molar-refractivity contribution in [2.75, 3.05) is 20.3 Å². The minimum absolute atomic E-state index is 0.258. The number of hydrogen-bond acceptors (Lipinski definition) is 6. The molecule has 3 aromatic rings. The van der Waals surface area contributed by atoms with Gasteiger partial charge in [-0.05, 0) is 43.3 Å². The second-order valence-corrected chi connectivity index (χ2v) is 5.83. The van der Waals surface area contributed by atoms with E-state index < -0.39 is 5.97 Å². The van der Waals surface area contributed by atoms with Crippen LogP contribution in [0.4, 0.5) is 0 Å². The highest BCUT2D eigenvalue weighted by molar-refractivity contribution is 5.94. The number of rotatable bonds is 7. The van der Waals surface area contributed by atoms with Crippen molar-refractivity contribution in [1.82, 2.24) is 9.97 Å². The fourth-order valence-corrected chi connectivity index (χ4v) is 2.72. The smallest absolute Gasteiger partial charge is 0.338 e. The standard InChI is InChI=1S/C21H20N2O5/c1-4-10-28-14-7-9-18(26-3)16(12-14)19-22-17-8-6-13(21(25)27-5-2)11-15(17)20(24)23-19/h4,6-9,11-12H,1,5,10H2,2-3H3,(H,22,23,24). The van der Waals surface area contributed by atoms with Gasteiger partial charge < -0.3 is 19.2 Å². The molecule has 144 valence electrons. The first kappa shape index (κ1) is 19.2. The van der Waals surface area contributed by atoms with Gasteiger partial charge in [0, 0.05) is 0 Å². The van der Waals surface area contributed by atoms with Gasteiger partial charge in [0.2, 0.25) is 0 Å². The van der Waals surface area contributed by atoms with Crippen molar-refractivity contribution in [2.24, 2.45) is 0 Å². The molecule has 0 amide bonds. The summed E-state index contributed by atoms with van der Waals surface area (Å²) in [6, 6.07) is 9.91. The molecule has 0 atom stereocenters. The summed E-state index contributed by atoms with van der Waals surface area (Å²) in [5.74, 6) is 0.983. The van der Waals surface area contributed by atoms with Gasteiger partial charge in [-0.15, -0.1) is 0 Å². The van der Waals surface area contributed by atoms with Gasteiger partial charge in [0.1, 0.15) is 23.9 Å². The number of aromatic amines is 1. The Morgan fingerprint density at radius 1 is 1.25 bits per heavy atom. The van der Waals surface area contributed by atoms with Crippen molar-refractivity contribution >= 4 is 16.9 Å². The molecule has 7 nitrogen and oxygen atoms in total. The second kappa shape index (κ2) is 8.39. The number of nitrogens with one attached hydrogen (secondary N) is 1. The van der Waals surface area contributed by atoms with Crippen molar-refractivity contribution in [3.63, 3.8) is 0 Å². The molecule has 0 spiro atoms. The number of benzene rings is 2. The Labute approximate surface area is 161 Å². The summed E-state index contributed by atoms with van der Waals surface area (Å²) >= 11 is 0. The summed E-state index contributed by atoms with van der Waals surface area (Å²) in [4.78, 5) is 31.8. The summed E-state index contributed by atoms with van der Waals surface area (Å²) in [7, 11) is 1.54. The minimum Gasteiger partial charge on any atom is -0.496 e. The molecule has 2 aromatic carbocycles. The molecule has 7 heteroatoms. The zero-order chi connectivity index (χ0) is 20.1. The van der Waals surface area contributed by atoms with Crippen molar-refractivity contribution in [2.45, 2.75) is 6.92 Å². The fraction of sp³-hybridized carbons (Fsp3) is 0.190. The number of carbonyl (C=O) groups excluding carboxylic acids is 1. The van der Waals surface area contributed by atoms with E-state index in [4.69, 9.17) is 14.2 Å². The SMILES string of the molecule is C=CCOc1ccc(OC)c(-c2nc3ccc(C(=O)OCC)cc3c(=O)[nH]2)c1. The minimum atomic E-state index is -0.485. The molecule has 0 aliphatic rings. The van der Waals surface area contributed by atoms with Crippen LogP contribution < -0.4 is 15.0 Å². The Balaban J connectivity index is 2.09. The lowest BCUT2D eigenvalue weighted by molar-refractivity contribution is 0.0526. The molecule has 28 heavy (non-hydrogen) atoms. The maximum Gasteiger partial charge on any atom is 0.338 e. The molecule has 0 aliphatic carbocycles. The summed E-state index contributed by atoms with van der Waals surface area (Å²) in [6.07, 6.45) is 1.64. The van der Waals surface area contributed by atoms with E-state index in [9.17, 15) is 9.59 Å². The zero-order valence-corrected chi connectivity index (χ0v) is 15.7. The van der Waals surface area contributed by atoms with E-state index in [1.54, 1.807) is 43.3 Å². The normalized spacial score (nSPS) is 10.5. The van der Waals surface area contributed by atoms with Crippen LogP contribution in [0.3, 0.4) is 0 Å². The van der Waals surface area contributed by atoms with Gasteiger partial charge >= 0.3 is 5.97 Å². The summed E-state index contributed by atoms with van der Waals surface area (Å²) < 4.78 is 15.9. The van der Waals surface area contributed by atoms with E-state index in [1.807, 2.05) is 0 Å². The number of esters is 1. The number of carbonyl (C=O) groups is 1. The van der Waals surface area contributed by atoms with E-state index >= 15 is 0 Å². The van der Waals surface area contributed by atoms with E-state index in [0.717, 1.165) is 0 Å². The first-order valence-electron chi connectivity index (χ1n) is 8.70. The Morgan fingerprint density at radius 3 is 2.79 bits per heavy atom. The van der Waals surface area contributed by atoms with Crippen molar-refractivity contribution < 1.29 is 19.0 Å². The number of ether oxygens (including phenoxy) is 3. The first-order chi connectivity index (χ1) is 13.6. The third-order valence-electron chi connectivity index (χ3n) is 4.01. The van der Waals surface area contributed by atoms with Crippen LogP contribution in [0.5, 0.6) is 11.5 Å². The van der Waals surface area contributed by atoms with Crippen molar-refractivity contribution in [3.8, 4) is 22.9 Å². The van der Waals surface area contributed by atoms with Gasteiger partial charge in [-0.25, -0.2) is 9.78 Å². The number of methoxy groups -OCH3 is 1. The van der Waals surface area contributed by atoms with E-state index in [2.05, 4.69) is 16.5 Å². The molecule has 0 saturated heterocycles.